The number of urea groups is 1. The van der Waals surface area contributed by atoms with Gasteiger partial charge in [-0.05, 0) is 31.2 Å². The lowest BCUT2D eigenvalue weighted by Gasteiger charge is -2.09. The molecule has 18 heavy (non-hydrogen) atoms. The van der Waals surface area contributed by atoms with Gasteiger partial charge >= 0.3 is 6.03 Å². The van der Waals surface area contributed by atoms with E-state index in [0.29, 0.717) is 5.69 Å². The van der Waals surface area contributed by atoms with Crippen molar-refractivity contribution >= 4 is 21.7 Å². The monoisotopic (exact) mass is 273 g/mol. The number of nitrogens with one attached hydrogen (secondary N) is 2. The van der Waals surface area contributed by atoms with Crippen LogP contribution in [0.4, 0.5) is 10.5 Å². The number of hydrogen-bond donors (Lipinski definition) is 4. The van der Waals surface area contributed by atoms with Crippen molar-refractivity contribution in [1.29, 1.82) is 0 Å². The highest BCUT2D eigenvalue weighted by atomic mass is 32.2. The minimum atomic E-state index is -3.73. The number of sulfonamides is 1. The number of benzene rings is 1. The number of primary sulfonamides is 1. The van der Waals surface area contributed by atoms with Gasteiger partial charge in [-0.1, -0.05) is 0 Å². The zero-order valence-electron chi connectivity index (χ0n) is 9.75. The Morgan fingerprint density at radius 3 is 2.39 bits per heavy atom. The van der Waals surface area contributed by atoms with Crippen LogP contribution >= 0.6 is 0 Å². The Labute approximate surface area is 105 Å². The molecule has 1 aromatic carbocycles. The Hall–Kier alpha value is -1.64. The van der Waals surface area contributed by atoms with Gasteiger partial charge in [-0.25, -0.2) is 18.4 Å². The second-order valence-corrected chi connectivity index (χ2v) is 5.31. The fourth-order valence-electron chi connectivity index (χ4n) is 1.14. The third kappa shape index (κ3) is 4.70. The summed E-state index contributed by atoms with van der Waals surface area (Å²) in [4.78, 5) is 11.3. The van der Waals surface area contributed by atoms with E-state index in [2.05, 4.69) is 10.6 Å². The summed E-state index contributed by atoms with van der Waals surface area (Å²) in [5.74, 6) is 0. The van der Waals surface area contributed by atoms with Crippen LogP contribution in [0.15, 0.2) is 29.2 Å². The molecule has 0 aliphatic heterocycles. The van der Waals surface area contributed by atoms with E-state index in [-0.39, 0.29) is 11.4 Å². The Morgan fingerprint density at radius 1 is 1.39 bits per heavy atom. The van der Waals surface area contributed by atoms with Gasteiger partial charge in [-0.2, -0.15) is 0 Å². The van der Waals surface area contributed by atoms with Crippen molar-refractivity contribution in [2.24, 2.45) is 5.14 Å². The van der Waals surface area contributed by atoms with Crippen LogP contribution in [-0.2, 0) is 10.0 Å². The molecule has 0 bridgehead atoms. The van der Waals surface area contributed by atoms with E-state index in [1.807, 2.05) is 0 Å². The molecule has 2 amide bonds. The first kappa shape index (κ1) is 14.4. The average Bonchev–Trinajstić information content (AvgIpc) is 2.26. The number of hydrogen-bond acceptors (Lipinski definition) is 4. The average molecular weight is 273 g/mol. The number of rotatable bonds is 4. The second-order valence-electron chi connectivity index (χ2n) is 3.75. The smallest absolute Gasteiger partial charge is 0.319 e. The van der Waals surface area contributed by atoms with Crippen molar-refractivity contribution in [3.8, 4) is 0 Å². The maximum atomic E-state index is 11.3. The molecule has 0 aliphatic carbocycles. The molecule has 1 aromatic rings. The van der Waals surface area contributed by atoms with Gasteiger partial charge in [0.15, 0.2) is 0 Å². The van der Waals surface area contributed by atoms with E-state index in [4.69, 9.17) is 10.2 Å². The number of carbonyl (C=O) groups is 1. The molecule has 0 radical (unpaired) electrons. The van der Waals surface area contributed by atoms with Gasteiger partial charge in [0.05, 0.1) is 11.0 Å². The molecule has 1 unspecified atom stereocenters. The van der Waals surface area contributed by atoms with Gasteiger partial charge in [-0.3, -0.25) is 0 Å². The lowest BCUT2D eigenvalue weighted by atomic mass is 10.3. The van der Waals surface area contributed by atoms with Gasteiger partial charge in [-0.15, -0.1) is 0 Å². The quantitative estimate of drug-likeness (QED) is 0.608. The predicted molar refractivity (Wildman–Crippen MR) is 66.5 cm³/mol. The first-order valence-corrected chi connectivity index (χ1v) is 6.69. The van der Waals surface area contributed by atoms with E-state index in [9.17, 15) is 13.2 Å². The lowest BCUT2D eigenvalue weighted by molar-refractivity contribution is 0.190. The molecular formula is C10H15N3O4S. The van der Waals surface area contributed by atoms with Crippen LogP contribution in [0.2, 0.25) is 0 Å². The van der Waals surface area contributed by atoms with Gasteiger partial charge in [0.2, 0.25) is 10.0 Å². The van der Waals surface area contributed by atoms with E-state index < -0.39 is 22.2 Å². The molecule has 0 aliphatic rings. The highest BCUT2D eigenvalue weighted by Gasteiger charge is 2.08. The molecule has 0 heterocycles. The summed E-state index contributed by atoms with van der Waals surface area (Å²) in [6.07, 6.45) is -0.638. The molecule has 5 N–H and O–H groups in total. The third-order valence-corrected chi connectivity index (χ3v) is 2.93. The van der Waals surface area contributed by atoms with Crippen molar-refractivity contribution in [3.05, 3.63) is 24.3 Å². The molecular weight excluding hydrogens is 258 g/mol. The number of aliphatic hydroxyl groups is 1. The van der Waals surface area contributed by atoms with Gasteiger partial charge < -0.3 is 15.7 Å². The Balaban J connectivity index is 2.62. The van der Waals surface area contributed by atoms with Crippen LogP contribution in [0.25, 0.3) is 0 Å². The fraction of sp³-hybridized carbons (Fsp3) is 0.300. The molecule has 0 aromatic heterocycles. The summed E-state index contributed by atoms with van der Waals surface area (Å²) in [6.45, 7) is 1.67. The first-order valence-electron chi connectivity index (χ1n) is 5.15. The van der Waals surface area contributed by atoms with E-state index in [1.54, 1.807) is 6.92 Å². The molecule has 100 valence electrons. The highest BCUT2D eigenvalue weighted by Crippen LogP contribution is 2.12. The Kier molecular flexibility index (Phi) is 4.65. The van der Waals surface area contributed by atoms with E-state index in [1.165, 1.54) is 24.3 Å². The number of aliphatic hydroxyl groups excluding tert-OH is 1. The summed E-state index contributed by atoms with van der Waals surface area (Å²) in [6, 6.07) is 4.93. The molecule has 0 saturated heterocycles. The number of nitrogens with two attached hydrogens (primary N) is 1. The third-order valence-electron chi connectivity index (χ3n) is 2.00. The van der Waals surface area contributed by atoms with Crippen LogP contribution in [0.3, 0.4) is 0 Å². The molecule has 0 fully saturated rings. The van der Waals surface area contributed by atoms with E-state index >= 15 is 0 Å². The minimum absolute atomic E-state index is 0.0301. The normalized spacial score (nSPS) is 12.8. The van der Waals surface area contributed by atoms with Crippen LogP contribution < -0.4 is 15.8 Å². The standard InChI is InChI=1S/C10H15N3O4S/c1-7(14)6-12-10(15)13-8-2-4-9(5-3-8)18(11,16)17/h2-5,7,14H,6H2,1H3,(H2,11,16,17)(H2,12,13,15). The van der Waals surface area contributed by atoms with Crippen LogP contribution in [0, 0.1) is 0 Å². The molecule has 0 spiro atoms. The summed E-state index contributed by atoms with van der Waals surface area (Å²) in [7, 11) is -3.73. The SMILES string of the molecule is CC(O)CNC(=O)Nc1ccc(S(N)(=O)=O)cc1. The summed E-state index contributed by atoms with van der Waals surface area (Å²) >= 11 is 0. The van der Waals surface area contributed by atoms with Crippen molar-refractivity contribution in [2.75, 3.05) is 11.9 Å². The van der Waals surface area contributed by atoms with Gasteiger partial charge in [0.1, 0.15) is 0 Å². The summed E-state index contributed by atoms with van der Waals surface area (Å²) in [5.41, 5.74) is 0.422. The lowest BCUT2D eigenvalue weighted by Crippen LogP contribution is -2.34. The second kappa shape index (κ2) is 5.80. The van der Waals surface area contributed by atoms with Gasteiger partial charge in [0, 0.05) is 12.2 Å². The molecule has 0 saturated carbocycles. The number of amides is 2. The molecule has 8 heteroatoms. The Morgan fingerprint density at radius 2 is 1.94 bits per heavy atom. The van der Waals surface area contributed by atoms with Crippen LogP contribution in [-0.4, -0.2) is 32.2 Å². The molecule has 7 nitrogen and oxygen atoms in total. The maximum Gasteiger partial charge on any atom is 0.319 e. The summed E-state index contributed by atoms with van der Waals surface area (Å²) < 4.78 is 22.0. The first-order chi connectivity index (χ1) is 8.29. The summed E-state index contributed by atoms with van der Waals surface area (Å²) in [5, 5.41) is 18.8. The number of anilines is 1. The minimum Gasteiger partial charge on any atom is -0.392 e. The van der Waals surface area contributed by atoms with Crippen LogP contribution in [0.5, 0.6) is 0 Å². The van der Waals surface area contributed by atoms with Gasteiger partial charge in [0.25, 0.3) is 0 Å². The highest BCUT2D eigenvalue weighted by molar-refractivity contribution is 7.89. The Bertz CT molecular complexity index is 510. The van der Waals surface area contributed by atoms with Crippen LogP contribution in [0.1, 0.15) is 6.92 Å². The van der Waals surface area contributed by atoms with Crippen molar-refractivity contribution < 1.29 is 18.3 Å². The largest absolute Gasteiger partial charge is 0.392 e. The fourth-order valence-corrected chi connectivity index (χ4v) is 1.66. The topological polar surface area (TPSA) is 122 Å². The molecule has 1 atom stereocenters. The maximum absolute atomic E-state index is 11.3. The zero-order valence-corrected chi connectivity index (χ0v) is 10.6. The van der Waals surface area contributed by atoms with Crippen molar-refractivity contribution in [2.45, 2.75) is 17.9 Å². The van der Waals surface area contributed by atoms with Crippen molar-refractivity contribution in [3.63, 3.8) is 0 Å². The molecule has 1 rings (SSSR count). The predicted octanol–water partition coefficient (Wildman–Crippen LogP) is -0.164. The zero-order chi connectivity index (χ0) is 13.8. The van der Waals surface area contributed by atoms with Crippen molar-refractivity contribution in [1.82, 2.24) is 5.32 Å². The van der Waals surface area contributed by atoms with E-state index in [0.717, 1.165) is 0 Å². The number of carbonyl (C=O) groups excluding carboxylic acids is 1.